The predicted octanol–water partition coefficient (Wildman–Crippen LogP) is 3.69. The van der Waals surface area contributed by atoms with E-state index in [1.54, 1.807) is 47.6 Å². The van der Waals surface area contributed by atoms with Crippen LogP contribution in [0.1, 0.15) is 40.1 Å². The van der Waals surface area contributed by atoms with Gasteiger partial charge in [0.2, 0.25) is 0 Å². The van der Waals surface area contributed by atoms with Crippen molar-refractivity contribution >= 4 is 17.5 Å². The Morgan fingerprint density at radius 1 is 1.16 bits per heavy atom. The number of carbonyl (C=O) groups excluding carboxylic acids is 2. The summed E-state index contributed by atoms with van der Waals surface area (Å²) in [6.07, 6.45) is 2.84. The van der Waals surface area contributed by atoms with Crippen LogP contribution in [0, 0.1) is 5.92 Å². The summed E-state index contributed by atoms with van der Waals surface area (Å²) in [4.78, 5) is 34.4. The van der Waals surface area contributed by atoms with Crippen LogP contribution in [-0.2, 0) is 6.54 Å². The van der Waals surface area contributed by atoms with E-state index in [-0.39, 0.29) is 36.5 Å². The van der Waals surface area contributed by atoms with E-state index in [0.29, 0.717) is 35.7 Å². The van der Waals surface area contributed by atoms with Gasteiger partial charge in [0.25, 0.3) is 11.8 Å². The van der Waals surface area contributed by atoms with Gasteiger partial charge >= 0.3 is 0 Å². The summed E-state index contributed by atoms with van der Waals surface area (Å²) in [5, 5.41) is 12.8. The van der Waals surface area contributed by atoms with Gasteiger partial charge in [-0.3, -0.25) is 19.5 Å². The number of hydrogen-bond acceptors (Lipinski definition) is 6. The molecule has 3 atom stereocenters. The van der Waals surface area contributed by atoms with Crippen LogP contribution >= 0.6 is 0 Å². The minimum atomic E-state index is -0.362. The van der Waals surface area contributed by atoms with Crippen LogP contribution in [0.3, 0.4) is 0 Å². The van der Waals surface area contributed by atoms with Crippen molar-refractivity contribution in [2.24, 2.45) is 5.92 Å². The second-order valence-corrected chi connectivity index (χ2v) is 9.68. The van der Waals surface area contributed by atoms with E-state index >= 15 is 0 Å². The Labute approximate surface area is 217 Å². The Balaban J connectivity index is 1.67. The number of amides is 2. The van der Waals surface area contributed by atoms with Crippen LogP contribution in [0.5, 0.6) is 5.75 Å². The van der Waals surface area contributed by atoms with Gasteiger partial charge in [0, 0.05) is 43.5 Å². The molecule has 1 aliphatic rings. The number of benzene rings is 2. The highest BCUT2D eigenvalue weighted by Gasteiger charge is 2.34. The molecule has 2 amide bonds. The van der Waals surface area contributed by atoms with E-state index in [1.807, 2.05) is 32.2 Å². The molecule has 0 radical (unpaired) electrons. The highest BCUT2D eigenvalue weighted by molar-refractivity contribution is 6.07. The zero-order valence-electron chi connectivity index (χ0n) is 21.5. The Morgan fingerprint density at radius 2 is 1.89 bits per heavy atom. The number of aliphatic hydroxyl groups is 1. The minimum Gasteiger partial charge on any atom is -0.486 e. The SMILES string of the molecule is C[C@H]1CN([C@@H](C)CO)C(=O)c2cccc(NC(=O)c3ccncc3)c2O[C@@H]1CN(C)Cc1ccccc1. The number of likely N-dealkylation sites (N-methyl/N-ethyl adjacent to an activating group) is 1. The normalized spacial score (nSPS) is 18.4. The van der Waals surface area contributed by atoms with Crippen LogP contribution in [0.4, 0.5) is 5.69 Å². The van der Waals surface area contributed by atoms with Crippen LogP contribution in [0.25, 0.3) is 0 Å². The van der Waals surface area contributed by atoms with Crippen molar-refractivity contribution in [3.63, 3.8) is 0 Å². The maximum absolute atomic E-state index is 13.6. The molecular formula is C29H34N4O4. The second kappa shape index (κ2) is 12.0. The molecule has 0 unspecified atom stereocenters. The molecule has 0 bridgehead atoms. The average molecular weight is 503 g/mol. The van der Waals surface area contributed by atoms with Crippen molar-refractivity contribution < 1.29 is 19.4 Å². The third-order valence-electron chi connectivity index (χ3n) is 6.67. The van der Waals surface area contributed by atoms with Crippen LogP contribution in [-0.4, -0.2) is 70.6 Å². The Morgan fingerprint density at radius 3 is 2.59 bits per heavy atom. The van der Waals surface area contributed by atoms with Gasteiger partial charge in [-0.15, -0.1) is 0 Å². The molecule has 0 spiro atoms. The third-order valence-corrected chi connectivity index (χ3v) is 6.67. The highest BCUT2D eigenvalue weighted by atomic mass is 16.5. The summed E-state index contributed by atoms with van der Waals surface area (Å²) in [5.74, 6) is -0.247. The summed E-state index contributed by atoms with van der Waals surface area (Å²) >= 11 is 0. The molecular weight excluding hydrogens is 468 g/mol. The molecule has 2 N–H and O–H groups in total. The summed E-state index contributed by atoms with van der Waals surface area (Å²) < 4.78 is 6.58. The number of rotatable bonds is 8. The number of nitrogens with one attached hydrogen (secondary N) is 1. The number of fused-ring (bicyclic) bond motifs is 1. The predicted molar refractivity (Wildman–Crippen MR) is 143 cm³/mol. The first-order chi connectivity index (χ1) is 17.9. The molecule has 194 valence electrons. The molecule has 4 rings (SSSR count). The Kier molecular flexibility index (Phi) is 8.53. The molecule has 1 aromatic heterocycles. The van der Waals surface area contributed by atoms with Gasteiger partial charge in [-0.05, 0) is 43.8 Å². The van der Waals surface area contributed by atoms with Crippen LogP contribution in [0.15, 0.2) is 73.1 Å². The monoisotopic (exact) mass is 502 g/mol. The topological polar surface area (TPSA) is 95.0 Å². The fraction of sp³-hybridized carbons (Fsp3) is 0.345. The summed E-state index contributed by atoms with van der Waals surface area (Å²) in [5.41, 5.74) is 2.43. The molecule has 0 saturated heterocycles. The molecule has 8 nitrogen and oxygen atoms in total. The van der Waals surface area contributed by atoms with Crippen molar-refractivity contribution in [3.05, 3.63) is 89.7 Å². The van der Waals surface area contributed by atoms with E-state index in [4.69, 9.17) is 4.74 Å². The van der Waals surface area contributed by atoms with Gasteiger partial charge in [0.15, 0.2) is 5.75 Å². The van der Waals surface area contributed by atoms with E-state index in [1.165, 1.54) is 5.56 Å². The van der Waals surface area contributed by atoms with Gasteiger partial charge in [-0.25, -0.2) is 0 Å². The summed E-state index contributed by atoms with van der Waals surface area (Å²) in [7, 11) is 2.04. The number of ether oxygens (including phenoxy) is 1. The van der Waals surface area contributed by atoms with E-state index in [2.05, 4.69) is 34.3 Å². The number of pyridine rings is 1. The molecule has 37 heavy (non-hydrogen) atoms. The fourth-order valence-corrected chi connectivity index (χ4v) is 4.52. The number of aromatic nitrogens is 1. The Hall–Kier alpha value is -3.75. The molecule has 2 heterocycles. The van der Waals surface area contributed by atoms with Crippen molar-refractivity contribution in [2.45, 2.75) is 32.5 Å². The molecule has 0 fully saturated rings. The molecule has 0 saturated carbocycles. The number of anilines is 1. The van der Waals surface area contributed by atoms with E-state index in [9.17, 15) is 14.7 Å². The van der Waals surface area contributed by atoms with E-state index in [0.717, 1.165) is 6.54 Å². The highest BCUT2D eigenvalue weighted by Crippen LogP contribution is 2.35. The van der Waals surface area contributed by atoms with E-state index < -0.39 is 0 Å². The maximum atomic E-state index is 13.6. The van der Waals surface area contributed by atoms with Crippen LogP contribution < -0.4 is 10.1 Å². The lowest BCUT2D eigenvalue weighted by Gasteiger charge is -2.38. The molecule has 2 aromatic carbocycles. The first kappa shape index (κ1) is 26.3. The third kappa shape index (κ3) is 6.34. The van der Waals surface area contributed by atoms with Crippen LogP contribution in [0.2, 0.25) is 0 Å². The number of aliphatic hydroxyl groups excluding tert-OH is 1. The average Bonchev–Trinajstić information content (AvgIpc) is 2.91. The van der Waals surface area contributed by atoms with Crippen molar-refractivity contribution in [3.8, 4) is 5.75 Å². The smallest absolute Gasteiger partial charge is 0.258 e. The van der Waals surface area contributed by atoms with Gasteiger partial charge < -0.3 is 20.1 Å². The minimum absolute atomic E-state index is 0.0340. The molecule has 3 aromatic rings. The van der Waals surface area contributed by atoms with Gasteiger partial charge in [-0.2, -0.15) is 0 Å². The molecule has 0 aliphatic carbocycles. The number of para-hydroxylation sites is 1. The fourth-order valence-electron chi connectivity index (χ4n) is 4.52. The van der Waals surface area contributed by atoms with Gasteiger partial charge in [-0.1, -0.05) is 43.3 Å². The number of carbonyl (C=O) groups is 2. The lowest BCUT2D eigenvalue weighted by atomic mass is 9.98. The Bertz CT molecular complexity index is 1210. The standard InChI is InChI=1S/C29H34N4O4/c1-20-16-33(21(2)19-34)29(36)24-10-7-11-25(31-28(35)23-12-14-30-15-13-23)27(24)37-26(20)18-32(3)17-22-8-5-4-6-9-22/h4-15,20-21,26,34H,16-19H2,1-3H3,(H,31,35)/t20-,21-,26+/m0/s1. The largest absolute Gasteiger partial charge is 0.486 e. The first-order valence-corrected chi connectivity index (χ1v) is 12.5. The van der Waals surface area contributed by atoms with Crippen molar-refractivity contribution in [2.75, 3.05) is 32.1 Å². The second-order valence-electron chi connectivity index (χ2n) is 9.68. The lowest BCUT2D eigenvalue weighted by molar-refractivity contribution is 0.0343. The lowest BCUT2D eigenvalue weighted by Crippen LogP contribution is -2.49. The summed E-state index contributed by atoms with van der Waals surface area (Å²) in [6, 6.07) is 18.3. The molecule has 1 aliphatic heterocycles. The molecule has 8 heteroatoms. The zero-order chi connectivity index (χ0) is 26.4. The van der Waals surface area contributed by atoms with Crippen molar-refractivity contribution in [1.82, 2.24) is 14.8 Å². The maximum Gasteiger partial charge on any atom is 0.258 e. The first-order valence-electron chi connectivity index (χ1n) is 12.5. The quantitative estimate of drug-likeness (QED) is 0.488. The summed E-state index contributed by atoms with van der Waals surface area (Å²) in [6.45, 7) is 5.53. The van der Waals surface area contributed by atoms with Crippen molar-refractivity contribution in [1.29, 1.82) is 0 Å². The number of nitrogens with zero attached hydrogens (tertiary/aromatic N) is 3. The van der Waals surface area contributed by atoms with Gasteiger partial charge in [0.1, 0.15) is 6.10 Å². The zero-order valence-corrected chi connectivity index (χ0v) is 21.5. The van der Waals surface area contributed by atoms with Gasteiger partial charge in [0.05, 0.1) is 23.9 Å². The number of hydrogen-bond donors (Lipinski definition) is 2.